The van der Waals surface area contributed by atoms with E-state index in [-0.39, 0.29) is 18.2 Å². The van der Waals surface area contributed by atoms with Crippen molar-refractivity contribution < 1.29 is 9.59 Å². The van der Waals surface area contributed by atoms with Crippen molar-refractivity contribution in [3.63, 3.8) is 0 Å². The van der Waals surface area contributed by atoms with Crippen LogP contribution in [0.3, 0.4) is 0 Å². The smallest absolute Gasteiger partial charge is 0.247 e. The molecule has 166 valence electrons. The van der Waals surface area contributed by atoms with Gasteiger partial charge in [0.1, 0.15) is 6.04 Å². The van der Waals surface area contributed by atoms with Crippen LogP contribution in [0.15, 0.2) is 84.9 Å². The summed E-state index contributed by atoms with van der Waals surface area (Å²) >= 11 is 6.00. The maximum absolute atomic E-state index is 13.6. The summed E-state index contributed by atoms with van der Waals surface area (Å²) in [6.45, 7) is 4.98. The molecule has 32 heavy (non-hydrogen) atoms. The standard InChI is InChI=1S/C27H29ClN2O2/c1-20(2)18-29-27(32)26(23-11-7-4-8-12-23)30(19-22-9-5-3-6-10-22)25(31)17-21-13-15-24(28)16-14-21/h3-16,20,26H,17-19H2,1-2H3,(H,29,32)/t26-/m1/s1. The van der Waals surface area contributed by atoms with Crippen LogP contribution in [0.1, 0.15) is 36.6 Å². The molecule has 1 atom stereocenters. The highest BCUT2D eigenvalue weighted by molar-refractivity contribution is 6.30. The highest BCUT2D eigenvalue weighted by atomic mass is 35.5. The van der Waals surface area contributed by atoms with E-state index in [0.717, 1.165) is 16.7 Å². The van der Waals surface area contributed by atoms with Gasteiger partial charge in [0.2, 0.25) is 11.8 Å². The third-order valence-corrected chi connectivity index (χ3v) is 5.40. The van der Waals surface area contributed by atoms with Crippen molar-refractivity contribution in [2.45, 2.75) is 32.9 Å². The van der Waals surface area contributed by atoms with Crippen LogP contribution in [0.5, 0.6) is 0 Å². The summed E-state index contributed by atoms with van der Waals surface area (Å²) in [5.74, 6) is 0.0118. The van der Waals surface area contributed by atoms with Crippen LogP contribution in [0.2, 0.25) is 5.02 Å². The van der Waals surface area contributed by atoms with Gasteiger partial charge in [-0.15, -0.1) is 0 Å². The molecule has 0 aliphatic rings. The van der Waals surface area contributed by atoms with Gasteiger partial charge >= 0.3 is 0 Å². The number of hydrogen-bond donors (Lipinski definition) is 1. The van der Waals surface area contributed by atoms with E-state index in [2.05, 4.69) is 5.32 Å². The molecular formula is C27H29ClN2O2. The summed E-state index contributed by atoms with van der Waals surface area (Å²) in [4.78, 5) is 28.6. The van der Waals surface area contributed by atoms with E-state index in [0.29, 0.717) is 24.0 Å². The largest absolute Gasteiger partial charge is 0.354 e. The fourth-order valence-corrected chi connectivity index (χ4v) is 3.62. The lowest BCUT2D eigenvalue weighted by Gasteiger charge is -2.32. The van der Waals surface area contributed by atoms with Crippen molar-refractivity contribution in [1.29, 1.82) is 0 Å². The van der Waals surface area contributed by atoms with Crippen molar-refractivity contribution in [3.05, 3.63) is 107 Å². The monoisotopic (exact) mass is 448 g/mol. The zero-order chi connectivity index (χ0) is 22.9. The molecule has 0 aromatic heterocycles. The summed E-state index contributed by atoms with van der Waals surface area (Å²) in [5, 5.41) is 3.65. The summed E-state index contributed by atoms with van der Waals surface area (Å²) in [6.07, 6.45) is 0.185. The minimum atomic E-state index is -0.727. The number of hydrogen-bond acceptors (Lipinski definition) is 2. The van der Waals surface area contributed by atoms with Crippen molar-refractivity contribution in [2.75, 3.05) is 6.54 Å². The van der Waals surface area contributed by atoms with Gasteiger partial charge in [-0.25, -0.2) is 0 Å². The van der Waals surface area contributed by atoms with Gasteiger partial charge in [0.25, 0.3) is 0 Å². The Hall–Kier alpha value is -3.11. The van der Waals surface area contributed by atoms with E-state index in [1.807, 2.05) is 86.6 Å². The molecule has 0 saturated carbocycles. The molecule has 0 radical (unpaired) electrons. The van der Waals surface area contributed by atoms with Crippen LogP contribution in [0.25, 0.3) is 0 Å². The van der Waals surface area contributed by atoms with Gasteiger partial charge in [-0.05, 0) is 34.7 Å². The second-order valence-electron chi connectivity index (χ2n) is 8.26. The van der Waals surface area contributed by atoms with Gasteiger partial charge in [0.15, 0.2) is 0 Å². The minimum Gasteiger partial charge on any atom is -0.354 e. The molecule has 1 N–H and O–H groups in total. The Bertz CT molecular complexity index is 1000. The lowest BCUT2D eigenvalue weighted by atomic mass is 10.0. The zero-order valence-electron chi connectivity index (χ0n) is 18.5. The van der Waals surface area contributed by atoms with E-state index in [9.17, 15) is 9.59 Å². The van der Waals surface area contributed by atoms with Crippen LogP contribution in [-0.2, 0) is 22.6 Å². The van der Waals surface area contributed by atoms with E-state index in [1.54, 1.807) is 17.0 Å². The molecule has 3 rings (SSSR count). The van der Waals surface area contributed by atoms with Gasteiger partial charge in [0.05, 0.1) is 6.42 Å². The highest BCUT2D eigenvalue weighted by Gasteiger charge is 2.31. The Balaban J connectivity index is 1.96. The van der Waals surface area contributed by atoms with E-state index >= 15 is 0 Å². The quantitative estimate of drug-likeness (QED) is 0.474. The molecule has 0 aliphatic heterocycles. The second kappa shape index (κ2) is 11.5. The maximum Gasteiger partial charge on any atom is 0.247 e. The van der Waals surface area contributed by atoms with Gasteiger partial charge in [-0.3, -0.25) is 9.59 Å². The van der Waals surface area contributed by atoms with Gasteiger partial charge < -0.3 is 10.2 Å². The Morgan fingerprint density at radius 2 is 1.44 bits per heavy atom. The van der Waals surface area contributed by atoms with Crippen LogP contribution in [0.4, 0.5) is 0 Å². The average molecular weight is 449 g/mol. The van der Waals surface area contributed by atoms with Crippen LogP contribution >= 0.6 is 11.6 Å². The molecule has 0 heterocycles. The van der Waals surface area contributed by atoms with Gasteiger partial charge in [-0.2, -0.15) is 0 Å². The van der Waals surface area contributed by atoms with E-state index in [1.165, 1.54) is 0 Å². The van der Waals surface area contributed by atoms with E-state index in [4.69, 9.17) is 11.6 Å². The predicted molar refractivity (Wildman–Crippen MR) is 129 cm³/mol. The molecular weight excluding hydrogens is 420 g/mol. The lowest BCUT2D eigenvalue weighted by Crippen LogP contribution is -2.44. The van der Waals surface area contributed by atoms with Crippen molar-refractivity contribution in [1.82, 2.24) is 10.2 Å². The number of benzene rings is 3. The van der Waals surface area contributed by atoms with Crippen molar-refractivity contribution >= 4 is 23.4 Å². The van der Waals surface area contributed by atoms with Crippen LogP contribution in [0, 0.1) is 5.92 Å². The third kappa shape index (κ3) is 6.69. The predicted octanol–water partition coefficient (Wildman–Crippen LogP) is 5.42. The number of nitrogens with one attached hydrogen (secondary N) is 1. The molecule has 3 aromatic carbocycles. The fraction of sp³-hybridized carbons (Fsp3) is 0.259. The first-order valence-corrected chi connectivity index (χ1v) is 11.2. The highest BCUT2D eigenvalue weighted by Crippen LogP contribution is 2.25. The Kier molecular flexibility index (Phi) is 8.46. The molecule has 5 heteroatoms. The molecule has 0 saturated heterocycles. The summed E-state index contributed by atoms with van der Waals surface area (Å²) in [6, 6.07) is 25.7. The Morgan fingerprint density at radius 1 is 0.844 bits per heavy atom. The lowest BCUT2D eigenvalue weighted by molar-refractivity contribution is -0.141. The number of rotatable bonds is 9. The maximum atomic E-state index is 13.6. The van der Waals surface area contributed by atoms with E-state index < -0.39 is 6.04 Å². The normalized spacial score (nSPS) is 11.8. The molecule has 0 bridgehead atoms. The molecule has 0 fully saturated rings. The molecule has 0 unspecified atom stereocenters. The van der Waals surface area contributed by atoms with Crippen LogP contribution in [-0.4, -0.2) is 23.3 Å². The summed E-state index contributed by atoms with van der Waals surface area (Å²) in [5.41, 5.74) is 2.61. The number of carbonyl (C=O) groups is 2. The zero-order valence-corrected chi connectivity index (χ0v) is 19.3. The summed E-state index contributed by atoms with van der Waals surface area (Å²) < 4.78 is 0. The first-order valence-electron chi connectivity index (χ1n) is 10.8. The molecule has 3 aromatic rings. The Labute approximate surface area is 195 Å². The van der Waals surface area contributed by atoms with Gasteiger partial charge in [-0.1, -0.05) is 98.2 Å². The van der Waals surface area contributed by atoms with Crippen molar-refractivity contribution in [2.24, 2.45) is 5.92 Å². The molecule has 0 aliphatic carbocycles. The molecule has 4 nitrogen and oxygen atoms in total. The summed E-state index contributed by atoms with van der Waals surface area (Å²) in [7, 11) is 0. The number of amides is 2. The Morgan fingerprint density at radius 3 is 2.03 bits per heavy atom. The van der Waals surface area contributed by atoms with Crippen LogP contribution < -0.4 is 5.32 Å². The number of nitrogens with zero attached hydrogens (tertiary/aromatic N) is 1. The first kappa shape index (κ1) is 23.6. The topological polar surface area (TPSA) is 49.4 Å². The van der Waals surface area contributed by atoms with Gasteiger partial charge in [0, 0.05) is 18.1 Å². The molecule has 2 amide bonds. The average Bonchev–Trinajstić information content (AvgIpc) is 2.80. The first-order chi connectivity index (χ1) is 15.4. The second-order valence-corrected chi connectivity index (χ2v) is 8.70. The minimum absolute atomic E-state index is 0.121. The molecule has 0 spiro atoms. The third-order valence-electron chi connectivity index (χ3n) is 5.14. The van der Waals surface area contributed by atoms with Crippen molar-refractivity contribution in [3.8, 4) is 0 Å². The number of halogens is 1. The fourth-order valence-electron chi connectivity index (χ4n) is 3.49. The number of carbonyl (C=O) groups excluding carboxylic acids is 2. The SMILES string of the molecule is CC(C)CNC(=O)[C@@H](c1ccccc1)N(Cc1ccccc1)C(=O)Cc1ccc(Cl)cc1.